The molecule has 0 spiro atoms. The summed E-state index contributed by atoms with van der Waals surface area (Å²) in [6.07, 6.45) is 3.98. The van der Waals surface area contributed by atoms with Crippen molar-refractivity contribution in [1.29, 1.82) is 0 Å². The molecule has 1 aliphatic carbocycles. The van der Waals surface area contributed by atoms with Crippen LogP contribution in [0.1, 0.15) is 43.7 Å². The Hall–Kier alpha value is -2.37. The number of piperazine rings is 1. The topological polar surface area (TPSA) is 47.6 Å². The SMILES string of the molecule is Cc1cc(N(C)C(=O)C2CCC(Nc3ccccc3)CC2)ccc1CN1CCN[C@@H](C)C1. The monoisotopic (exact) mass is 434 g/mol. The van der Waals surface area contributed by atoms with E-state index in [1.54, 1.807) is 0 Å². The Labute approximate surface area is 193 Å². The summed E-state index contributed by atoms with van der Waals surface area (Å²) in [5.41, 5.74) is 4.81. The first kappa shape index (κ1) is 22.8. The first-order valence-corrected chi connectivity index (χ1v) is 12.1. The number of nitrogens with one attached hydrogen (secondary N) is 2. The van der Waals surface area contributed by atoms with Gasteiger partial charge in [-0.2, -0.15) is 0 Å². The number of benzene rings is 2. The molecule has 1 saturated heterocycles. The molecule has 5 nitrogen and oxygen atoms in total. The predicted molar refractivity (Wildman–Crippen MR) is 133 cm³/mol. The molecule has 0 radical (unpaired) electrons. The van der Waals surface area contributed by atoms with Crippen LogP contribution in [0.4, 0.5) is 11.4 Å². The lowest BCUT2D eigenvalue weighted by Crippen LogP contribution is -2.48. The van der Waals surface area contributed by atoms with Gasteiger partial charge in [0.05, 0.1) is 0 Å². The fourth-order valence-electron chi connectivity index (χ4n) is 5.12. The van der Waals surface area contributed by atoms with Gasteiger partial charge in [-0.25, -0.2) is 0 Å². The third kappa shape index (κ3) is 5.70. The van der Waals surface area contributed by atoms with Crippen LogP contribution in [0.2, 0.25) is 0 Å². The van der Waals surface area contributed by atoms with Gasteiger partial charge in [-0.3, -0.25) is 9.69 Å². The molecule has 0 bridgehead atoms. The summed E-state index contributed by atoms with van der Waals surface area (Å²) in [6, 6.07) is 17.9. The van der Waals surface area contributed by atoms with Crippen LogP contribution in [0.25, 0.3) is 0 Å². The van der Waals surface area contributed by atoms with Gasteiger partial charge >= 0.3 is 0 Å². The molecule has 2 aliphatic rings. The highest BCUT2D eigenvalue weighted by atomic mass is 16.2. The van der Waals surface area contributed by atoms with Crippen LogP contribution in [0.5, 0.6) is 0 Å². The number of hydrogen-bond donors (Lipinski definition) is 2. The quantitative estimate of drug-likeness (QED) is 0.706. The van der Waals surface area contributed by atoms with Crippen molar-refractivity contribution < 1.29 is 4.79 Å². The van der Waals surface area contributed by atoms with Gasteiger partial charge in [0.15, 0.2) is 0 Å². The van der Waals surface area contributed by atoms with E-state index in [0.29, 0.717) is 12.1 Å². The zero-order valence-corrected chi connectivity index (χ0v) is 19.8. The number of carbonyl (C=O) groups excluding carboxylic acids is 1. The molecule has 172 valence electrons. The number of rotatable bonds is 6. The fourth-order valence-corrected chi connectivity index (χ4v) is 5.12. The normalized spacial score (nSPS) is 24.2. The van der Waals surface area contributed by atoms with Crippen molar-refractivity contribution in [3.8, 4) is 0 Å². The highest BCUT2D eigenvalue weighted by Crippen LogP contribution is 2.30. The van der Waals surface area contributed by atoms with Gasteiger partial charge in [0, 0.05) is 62.6 Å². The zero-order valence-electron chi connectivity index (χ0n) is 19.8. The minimum atomic E-state index is 0.121. The van der Waals surface area contributed by atoms with E-state index in [2.05, 4.69) is 71.8 Å². The Bertz CT molecular complexity index is 892. The van der Waals surface area contributed by atoms with Gasteiger partial charge in [-0.05, 0) is 74.9 Å². The maximum absolute atomic E-state index is 13.2. The molecule has 0 unspecified atom stereocenters. The molecular weight excluding hydrogens is 396 g/mol. The van der Waals surface area contributed by atoms with Crippen molar-refractivity contribution in [2.75, 3.05) is 36.9 Å². The van der Waals surface area contributed by atoms with E-state index in [0.717, 1.165) is 57.5 Å². The number of para-hydroxylation sites is 1. The molecule has 1 saturated carbocycles. The second kappa shape index (κ2) is 10.5. The molecular formula is C27H38N4O. The third-order valence-electron chi connectivity index (χ3n) is 7.11. The lowest BCUT2D eigenvalue weighted by molar-refractivity contribution is -0.123. The van der Waals surface area contributed by atoms with Crippen molar-refractivity contribution in [3.05, 3.63) is 59.7 Å². The van der Waals surface area contributed by atoms with E-state index in [-0.39, 0.29) is 11.8 Å². The molecule has 2 fully saturated rings. The summed E-state index contributed by atoms with van der Waals surface area (Å²) in [5.74, 6) is 0.377. The van der Waals surface area contributed by atoms with Crippen LogP contribution in [0, 0.1) is 12.8 Å². The van der Waals surface area contributed by atoms with Crippen molar-refractivity contribution in [1.82, 2.24) is 10.2 Å². The molecule has 32 heavy (non-hydrogen) atoms. The molecule has 1 atom stereocenters. The Morgan fingerprint density at radius 2 is 1.88 bits per heavy atom. The second-order valence-electron chi connectivity index (χ2n) is 9.66. The molecule has 2 N–H and O–H groups in total. The first-order valence-electron chi connectivity index (χ1n) is 12.1. The molecule has 1 heterocycles. The Balaban J connectivity index is 1.31. The van der Waals surface area contributed by atoms with Gasteiger partial charge in [0.25, 0.3) is 0 Å². The van der Waals surface area contributed by atoms with Gasteiger partial charge in [-0.15, -0.1) is 0 Å². The minimum absolute atomic E-state index is 0.121. The summed E-state index contributed by atoms with van der Waals surface area (Å²) in [4.78, 5) is 17.6. The highest BCUT2D eigenvalue weighted by Gasteiger charge is 2.29. The minimum Gasteiger partial charge on any atom is -0.382 e. The number of amides is 1. The molecule has 2 aromatic rings. The van der Waals surface area contributed by atoms with Crippen LogP contribution in [-0.4, -0.2) is 49.6 Å². The molecule has 0 aromatic heterocycles. The molecule has 1 amide bonds. The maximum Gasteiger partial charge on any atom is 0.229 e. The van der Waals surface area contributed by atoms with E-state index in [4.69, 9.17) is 0 Å². The van der Waals surface area contributed by atoms with E-state index in [1.165, 1.54) is 16.8 Å². The average Bonchev–Trinajstić information content (AvgIpc) is 2.81. The lowest BCUT2D eigenvalue weighted by Gasteiger charge is -2.33. The molecule has 1 aliphatic heterocycles. The summed E-state index contributed by atoms with van der Waals surface area (Å²) in [6.45, 7) is 8.62. The number of carbonyl (C=O) groups is 1. The van der Waals surface area contributed by atoms with Crippen LogP contribution in [-0.2, 0) is 11.3 Å². The predicted octanol–water partition coefficient (Wildman–Crippen LogP) is 4.42. The number of anilines is 2. The molecule has 5 heteroatoms. The van der Waals surface area contributed by atoms with Gasteiger partial charge in [0.1, 0.15) is 0 Å². The third-order valence-corrected chi connectivity index (χ3v) is 7.11. The number of hydrogen-bond acceptors (Lipinski definition) is 4. The summed E-state index contributed by atoms with van der Waals surface area (Å²) < 4.78 is 0. The molecule has 2 aromatic carbocycles. The van der Waals surface area contributed by atoms with E-state index in [1.807, 2.05) is 18.0 Å². The van der Waals surface area contributed by atoms with Crippen LogP contribution in [0.3, 0.4) is 0 Å². The standard InChI is InChI=1S/C27H38N4O/c1-20-17-26(14-11-23(20)19-31-16-15-28-21(2)18-31)30(3)27(32)22-9-12-25(13-10-22)29-24-7-5-4-6-8-24/h4-8,11,14,17,21-22,25,28-29H,9-10,12-13,15-16,18-19H2,1-3H3/t21-,22?,25?/m0/s1. The highest BCUT2D eigenvalue weighted by molar-refractivity contribution is 5.94. The van der Waals surface area contributed by atoms with Crippen LogP contribution in [0.15, 0.2) is 48.5 Å². The Kier molecular flexibility index (Phi) is 7.48. The smallest absolute Gasteiger partial charge is 0.229 e. The zero-order chi connectivity index (χ0) is 22.5. The Morgan fingerprint density at radius 1 is 1.12 bits per heavy atom. The summed E-state index contributed by atoms with van der Waals surface area (Å²) >= 11 is 0. The second-order valence-corrected chi connectivity index (χ2v) is 9.66. The number of nitrogens with zero attached hydrogens (tertiary/aromatic N) is 2. The van der Waals surface area contributed by atoms with E-state index >= 15 is 0 Å². The van der Waals surface area contributed by atoms with Gasteiger partial charge < -0.3 is 15.5 Å². The lowest BCUT2D eigenvalue weighted by atomic mass is 9.85. The fraction of sp³-hybridized carbons (Fsp3) is 0.519. The Morgan fingerprint density at radius 3 is 2.56 bits per heavy atom. The summed E-state index contributed by atoms with van der Waals surface area (Å²) in [7, 11) is 1.93. The van der Waals surface area contributed by atoms with Crippen molar-refractivity contribution in [2.45, 2.75) is 58.2 Å². The number of aryl methyl sites for hydroxylation is 1. The van der Waals surface area contributed by atoms with Gasteiger partial charge in [0.2, 0.25) is 5.91 Å². The van der Waals surface area contributed by atoms with Crippen molar-refractivity contribution in [2.24, 2.45) is 5.92 Å². The average molecular weight is 435 g/mol. The van der Waals surface area contributed by atoms with E-state index < -0.39 is 0 Å². The molecule has 4 rings (SSSR count). The van der Waals surface area contributed by atoms with Crippen molar-refractivity contribution in [3.63, 3.8) is 0 Å². The van der Waals surface area contributed by atoms with Crippen LogP contribution >= 0.6 is 0 Å². The largest absolute Gasteiger partial charge is 0.382 e. The maximum atomic E-state index is 13.2. The summed E-state index contributed by atoms with van der Waals surface area (Å²) in [5, 5.41) is 7.12. The first-order chi connectivity index (χ1) is 15.5. The van der Waals surface area contributed by atoms with E-state index in [9.17, 15) is 4.79 Å². The van der Waals surface area contributed by atoms with Crippen LogP contribution < -0.4 is 15.5 Å². The van der Waals surface area contributed by atoms with Crippen molar-refractivity contribution >= 4 is 17.3 Å². The van der Waals surface area contributed by atoms with Gasteiger partial charge in [-0.1, -0.05) is 24.3 Å².